The van der Waals surface area contributed by atoms with Gasteiger partial charge in [-0.2, -0.15) is 0 Å². The zero-order valence-corrected chi connectivity index (χ0v) is 18.2. The number of tetrazole rings is 1. The minimum absolute atomic E-state index is 0.0447. The number of ether oxygens (including phenoxy) is 1. The number of halogens is 4. The molecule has 2 N–H and O–H groups in total. The highest BCUT2D eigenvalue weighted by molar-refractivity contribution is 5.68. The zero-order valence-electron chi connectivity index (χ0n) is 18.2. The summed E-state index contributed by atoms with van der Waals surface area (Å²) in [7, 11) is 0. The fraction of sp³-hybridized carbons (Fsp3) is 0.391. The van der Waals surface area contributed by atoms with Crippen molar-refractivity contribution in [3.8, 4) is 5.75 Å². The van der Waals surface area contributed by atoms with Gasteiger partial charge in [0.25, 0.3) is 5.92 Å². The van der Waals surface area contributed by atoms with Crippen molar-refractivity contribution < 1.29 is 37.3 Å². The standard InChI is InChI=1S/C23H20F4N4O4/c24-15-3-6-17(18(25)7-15)22(34,12-31-13-28-29-30-31)23(26,27)21-9-20(10-21,11-21)14-1-4-16(5-2-14)35-8-19(32)33/h1-7,13,34H,8-12H2,(H,32,33)/t20?,21?,22-/m0/s1. The second kappa shape index (κ2) is 7.74. The van der Waals surface area contributed by atoms with Crippen LogP contribution in [0.3, 0.4) is 0 Å². The number of rotatable bonds is 9. The summed E-state index contributed by atoms with van der Waals surface area (Å²) < 4.78 is 66.5. The molecule has 3 aliphatic rings. The van der Waals surface area contributed by atoms with E-state index in [0.29, 0.717) is 11.8 Å². The molecule has 1 atom stereocenters. The second-order valence-corrected chi connectivity index (χ2v) is 9.36. The smallest absolute Gasteiger partial charge is 0.341 e. The van der Waals surface area contributed by atoms with Gasteiger partial charge in [0, 0.05) is 17.0 Å². The number of nitrogens with zero attached hydrogens (tertiary/aromatic N) is 4. The third kappa shape index (κ3) is 3.46. The molecule has 3 saturated carbocycles. The van der Waals surface area contributed by atoms with E-state index in [1.54, 1.807) is 24.3 Å². The van der Waals surface area contributed by atoms with Crippen LogP contribution in [0.15, 0.2) is 48.8 Å². The van der Waals surface area contributed by atoms with E-state index >= 15 is 8.78 Å². The van der Waals surface area contributed by atoms with Crippen molar-refractivity contribution in [3.63, 3.8) is 0 Å². The van der Waals surface area contributed by atoms with Gasteiger partial charge in [-0.1, -0.05) is 12.1 Å². The molecule has 0 amide bonds. The molecule has 2 bridgehead atoms. The molecular weight excluding hydrogens is 472 g/mol. The molecule has 184 valence electrons. The lowest BCUT2D eigenvalue weighted by molar-refractivity contribution is -0.347. The van der Waals surface area contributed by atoms with Gasteiger partial charge in [-0.15, -0.1) is 5.10 Å². The number of carboxylic acid groups (broad SMARTS) is 1. The molecule has 3 aliphatic carbocycles. The quantitative estimate of drug-likeness (QED) is 0.442. The topological polar surface area (TPSA) is 110 Å². The van der Waals surface area contributed by atoms with Gasteiger partial charge in [0.05, 0.1) is 6.54 Å². The molecule has 2 aromatic carbocycles. The van der Waals surface area contributed by atoms with Gasteiger partial charge in [-0.05, 0) is 64.9 Å². The Kier molecular flexibility index (Phi) is 5.13. The lowest BCUT2D eigenvalue weighted by atomic mass is 9.30. The summed E-state index contributed by atoms with van der Waals surface area (Å²) in [5.41, 5.74) is -5.13. The molecule has 3 aromatic rings. The Morgan fingerprint density at radius 1 is 1.11 bits per heavy atom. The Labute approximate surface area is 196 Å². The van der Waals surface area contributed by atoms with E-state index in [0.717, 1.165) is 28.7 Å². The number of aromatic nitrogens is 4. The van der Waals surface area contributed by atoms with Gasteiger partial charge in [0.15, 0.2) is 12.2 Å². The normalized spacial score (nSPS) is 24.7. The zero-order chi connectivity index (χ0) is 25.1. The number of carboxylic acids is 1. The van der Waals surface area contributed by atoms with E-state index in [1.807, 2.05) is 0 Å². The predicted molar refractivity (Wildman–Crippen MR) is 111 cm³/mol. The Bertz CT molecular complexity index is 1250. The van der Waals surface area contributed by atoms with Crippen molar-refractivity contribution >= 4 is 5.97 Å². The van der Waals surface area contributed by atoms with Crippen molar-refractivity contribution in [1.82, 2.24) is 20.2 Å². The summed E-state index contributed by atoms with van der Waals surface area (Å²) in [6.45, 7) is -1.33. The molecule has 0 spiro atoms. The van der Waals surface area contributed by atoms with Crippen LogP contribution in [-0.2, 0) is 22.4 Å². The van der Waals surface area contributed by atoms with Gasteiger partial charge in [-0.25, -0.2) is 27.0 Å². The SMILES string of the molecule is O=C(O)COc1ccc(C23CC(C(F)(F)[C@](O)(Cn4cnnn4)c4ccc(F)cc4F)(C2)C3)cc1. The van der Waals surface area contributed by atoms with Crippen LogP contribution in [0.2, 0.25) is 0 Å². The largest absolute Gasteiger partial charge is 0.482 e. The summed E-state index contributed by atoms with van der Waals surface area (Å²) in [4.78, 5) is 10.6. The number of carbonyl (C=O) groups is 1. The first-order valence-corrected chi connectivity index (χ1v) is 10.7. The molecule has 3 fully saturated rings. The average molecular weight is 492 g/mol. The second-order valence-electron chi connectivity index (χ2n) is 9.36. The highest BCUT2D eigenvalue weighted by Gasteiger charge is 2.82. The first kappa shape index (κ1) is 23.2. The van der Waals surface area contributed by atoms with Gasteiger partial charge in [0.1, 0.15) is 23.7 Å². The molecule has 1 heterocycles. The van der Waals surface area contributed by atoms with Crippen LogP contribution < -0.4 is 4.74 Å². The van der Waals surface area contributed by atoms with Crippen LogP contribution in [-0.4, -0.2) is 48.9 Å². The van der Waals surface area contributed by atoms with E-state index < -0.39 is 58.7 Å². The van der Waals surface area contributed by atoms with Crippen molar-refractivity contribution in [3.05, 3.63) is 71.6 Å². The van der Waals surface area contributed by atoms with Gasteiger partial charge in [-0.3, -0.25) is 0 Å². The number of hydrogen-bond acceptors (Lipinski definition) is 6. The summed E-state index contributed by atoms with van der Waals surface area (Å²) in [6.07, 6.45) is 1.16. The molecule has 1 aromatic heterocycles. The predicted octanol–water partition coefficient (Wildman–Crippen LogP) is 3.06. The van der Waals surface area contributed by atoms with E-state index in [1.165, 1.54) is 0 Å². The van der Waals surface area contributed by atoms with Crippen LogP contribution >= 0.6 is 0 Å². The molecule has 12 heteroatoms. The van der Waals surface area contributed by atoms with Gasteiger partial charge >= 0.3 is 5.97 Å². The monoisotopic (exact) mass is 492 g/mol. The fourth-order valence-electron chi connectivity index (χ4n) is 5.58. The average Bonchev–Trinajstić information content (AvgIpc) is 3.23. The lowest BCUT2D eigenvalue weighted by Crippen LogP contribution is -2.76. The van der Waals surface area contributed by atoms with Crippen LogP contribution in [0.1, 0.15) is 30.4 Å². The van der Waals surface area contributed by atoms with E-state index in [4.69, 9.17) is 9.84 Å². The maximum absolute atomic E-state index is 16.2. The highest BCUT2D eigenvalue weighted by atomic mass is 19.3. The molecule has 8 nitrogen and oxygen atoms in total. The van der Waals surface area contributed by atoms with Crippen LogP contribution in [0.25, 0.3) is 0 Å². The van der Waals surface area contributed by atoms with Crippen molar-refractivity contribution in [2.24, 2.45) is 5.41 Å². The van der Waals surface area contributed by atoms with Crippen LogP contribution in [0.5, 0.6) is 5.75 Å². The molecule has 0 saturated heterocycles. The molecule has 0 unspecified atom stereocenters. The minimum Gasteiger partial charge on any atom is -0.482 e. The summed E-state index contributed by atoms with van der Waals surface area (Å²) >= 11 is 0. The lowest BCUT2D eigenvalue weighted by Gasteiger charge is -2.74. The number of aliphatic carboxylic acids is 1. The molecular formula is C23H20F4N4O4. The first-order valence-electron chi connectivity index (χ1n) is 10.7. The summed E-state index contributed by atoms with van der Waals surface area (Å²) in [5, 5.41) is 30.4. The number of benzene rings is 2. The van der Waals surface area contributed by atoms with Gasteiger partial charge in [0.2, 0.25) is 0 Å². The van der Waals surface area contributed by atoms with Crippen molar-refractivity contribution in [2.75, 3.05) is 6.61 Å². The highest BCUT2D eigenvalue weighted by Crippen LogP contribution is 2.80. The van der Waals surface area contributed by atoms with Gasteiger partial charge < -0.3 is 14.9 Å². The molecule has 0 aliphatic heterocycles. The third-order valence-electron chi connectivity index (χ3n) is 7.20. The maximum atomic E-state index is 16.2. The maximum Gasteiger partial charge on any atom is 0.341 e. The molecule has 6 rings (SSSR count). The van der Waals surface area contributed by atoms with E-state index in [9.17, 15) is 18.7 Å². The Morgan fingerprint density at radius 2 is 1.80 bits per heavy atom. The fourth-order valence-corrected chi connectivity index (χ4v) is 5.58. The van der Waals surface area contributed by atoms with E-state index in [2.05, 4.69) is 15.5 Å². The van der Waals surface area contributed by atoms with E-state index in [-0.39, 0.29) is 19.3 Å². The first-order chi connectivity index (χ1) is 16.5. The molecule has 0 radical (unpaired) electrons. The Morgan fingerprint density at radius 3 is 2.37 bits per heavy atom. The van der Waals surface area contributed by atoms with Crippen molar-refractivity contribution in [1.29, 1.82) is 0 Å². The molecule has 35 heavy (non-hydrogen) atoms. The van der Waals surface area contributed by atoms with Crippen LogP contribution in [0, 0.1) is 17.0 Å². The number of aliphatic hydroxyl groups is 1. The Hall–Kier alpha value is -3.54. The summed E-state index contributed by atoms with van der Waals surface area (Å²) in [6, 6.07) is 8.64. The minimum atomic E-state index is -3.81. The summed E-state index contributed by atoms with van der Waals surface area (Å²) in [5.74, 6) is -6.84. The number of alkyl halides is 2. The van der Waals surface area contributed by atoms with Crippen LogP contribution in [0.4, 0.5) is 17.6 Å². The Balaban J connectivity index is 1.41. The number of hydrogen-bond donors (Lipinski definition) is 2. The third-order valence-corrected chi connectivity index (χ3v) is 7.20. The van der Waals surface area contributed by atoms with Crippen molar-refractivity contribution in [2.45, 2.75) is 42.7 Å².